The minimum absolute atomic E-state index is 0.253. The average molecular weight is 407 g/mol. The van der Waals surface area contributed by atoms with Crippen LogP contribution >= 0.6 is 0 Å². The lowest BCUT2D eigenvalue weighted by Crippen LogP contribution is -2.33. The summed E-state index contributed by atoms with van der Waals surface area (Å²) < 4.78 is 10.6. The largest absolute Gasteiger partial charge is 0.467 e. The first-order valence-electron chi connectivity index (χ1n) is 10.2. The summed E-state index contributed by atoms with van der Waals surface area (Å²) in [7, 11) is 0. The van der Waals surface area contributed by atoms with Gasteiger partial charge in [-0.3, -0.25) is 14.7 Å². The van der Waals surface area contributed by atoms with Crippen molar-refractivity contribution in [2.75, 3.05) is 19.7 Å². The van der Waals surface area contributed by atoms with E-state index in [1.54, 1.807) is 18.4 Å². The Hall–Kier alpha value is -3.19. The van der Waals surface area contributed by atoms with E-state index in [4.69, 9.17) is 14.1 Å². The molecule has 1 N–H and O–H groups in total. The second-order valence-corrected chi connectivity index (χ2v) is 7.39. The van der Waals surface area contributed by atoms with Gasteiger partial charge in [-0.15, -0.1) is 0 Å². The molecule has 2 aromatic heterocycles. The summed E-state index contributed by atoms with van der Waals surface area (Å²) >= 11 is 0. The number of ether oxygens (including phenoxy) is 1. The Morgan fingerprint density at radius 3 is 2.90 bits per heavy atom. The topological polar surface area (TPSA) is 84.7 Å². The Morgan fingerprint density at radius 1 is 1.23 bits per heavy atom. The van der Waals surface area contributed by atoms with Crippen LogP contribution in [-0.4, -0.2) is 41.5 Å². The predicted octanol–water partition coefficient (Wildman–Crippen LogP) is 3.07. The number of carbonyl (C=O) groups is 2. The first kappa shape index (κ1) is 20.1. The molecule has 30 heavy (non-hydrogen) atoms. The molecule has 4 rings (SSSR count). The van der Waals surface area contributed by atoms with Crippen molar-refractivity contribution in [3.8, 4) is 0 Å². The molecule has 0 fully saturated rings. The normalized spacial score (nSPS) is 13.8. The van der Waals surface area contributed by atoms with E-state index < -0.39 is 5.97 Å². The summed E-state index contributed by atoms with van der Waals surface area (Å²) in [6.07, 6.45) is 3.39. The Morgan fingerprint density at radius 2 is 2.10 bits per heavy atom. The van der Waals surface area contributed by atoms with Gasteiger partial charge < -0.3 is 14.5 Å². The van der Waals surface area contributed by atoms with Gasteiger partial charge in [0.05, 0.1) is 23.9 Å². The van der Waals surface area contributed by atoms with Gasteiger partial charge in [0.2, 0.25) is 0 Å². The molecule has 0 unspecified atom stereocenters. The van der Waals surface area contributed by atoms with Crippen molar-refractivity contribution < 1.29 is 18.7 Å². The van der Waals surface area contributed by atoms with E-state index in [-0.39, 0.29) is 19.1 Å². The van der Waals surface area contributed by atoms with Gasteiger partial charge in [-0.25, -0.2) is 4.79 Å². The molecule has 0 radical (unpaired) electrons. The van der Waals surface area contributed by atoms with Gasteiger partial charge in [0.25, 0.3) is 5.91 Å². The quantitative estimate of drug-likeness (QED) is 0.606. The maximum atomic E-state index is 13.1. The van der Waals surface area contributed by atoms with Crippen molar-refractivity contribution in [3.05, 3.63) is 65.2 Å². The number of carbonyl (C=O) groups excluding carboxylic acids is 2. The standard InChI is InChI=1S/C23H25N3O4/c1-2-10-26-11-9-20-18(14-26)22(17-7-3-4-8-19(17)25-20)23(28)30-15-21(27)24-13-16-6-5-12-29-16/h3-8,12H,2,9-11,13-15H2,1H3,(H,24,27). The summed E-state index contributed by atoms with van der Waals surface area (Å²) in [5.74, 6) is -0.226. The number of para-hydroxylation sites is 1. The molecule has 7 heteroatoms. The van der Waals surface area contributed by atoms with Crippen molar-refractivity contribution in [2.45, 2.75) is 32.9 Å². The van der Waals surface area contributed by atoms with Crippen LogP contribution in [0.1, 0.15) is 40.7 Å². The molecule has 156 valence electrons. The Kier molecular flexibility index (Phi) is 6.09. The third-order valence-corrected chi connectivity index (χ3v) is 5.24. The Balaban J connectivity index is 1.53. The molecule has 1 aliphatic heterocycles. The van der Waals surface area contributed by atoms with E-state index in [1.807, 2.05) is 24.3 Å². The Bertz CT molecular complexity index is 1050. The molecule has 3 aromatic rings. The second-order valence-electron chi connectivity index (χ2n) is 7.39. The number of pyridine rings is 1. The average Bonchev–Trinajstić information content (AvgIpc) is 3.28. The second kappa shape index (κ2) is 9.09. The van der Waals surface area contributed by atoms with Crippen LogP contribution in [0.15, 0.2) is 47.1 Å². The summed E-state index contributed by atoms with van der Waals surface area (Å²) in [5.41, 5.74) is 3.15. The molecule has 1 aliphatic rings. The molecule has 7 nitrogen and oxygen atoms in total. The Labute approximate surface area is 175 Å². The van der Waals surface area contributed by atoms with E-state index in [0.717, 1.165) is 48.1 Å². The van der Waals surface area contributed by atoms with Gasteiger partial charge in [-0.2, -0.15) is 0 Å². The van der Waals surface area contributed by atoms with Crippen molar-refractivity contribution in [3.63, 3.8) is 0 Å². The predicted molar refractivity (Wildman–Crippen MR) is 112 cm³/mol. The minimum Gasteiger partial charge on any atom is -0.467 e. The number of rotatable bonds is 7. The van der Waals surface area contributed by atoms with Crippen LogP contribution in [0.4, 0.5) is 0 Å². The molecule has 3 heterocycles. The highest BCUT2D eigenvalue weighted by molar-refractivity contribution is 6.05. The molecular weight excluding hydrogens is 382 g/mol. The fourth-order valence-corrected chi connectivity index (χ4v) is 3.84. The van der Waals surface area contributed by atoms with E-state index in [2.05, 4.69) is 17.1 Å². The number of hydrogen-bond acceptors (Lipinski definition) is 6. The number of aromatic nitrogens is 1. The van der Waals surface area contributed by atoms with Crippen molar-refractivity contribution in [1.29, 1.82) is 0 Å². The number of nitrogens with zero attached hydrogens (tertiary/aromatic N) is 2. The summed E-state index contributed by atoms with van der Waals surface area (Å²) in [4.78, 5) is 32.3. The van der Waals surface area contributed by atoms with Crippen molar-refractivity contribution >= 4 is 22.8 Å². The third-order valence-electron chi connectivity index (χ3n) is 5.24. The van der Waals surface area contributed by atoms with Crippen LogP contribution in [0.25, 0.3) is 10.9 Å². The van der Waals surface area contributed by atoms with Gasteiger partial charge >= 0.3 is 5.97 Å². The maximum absolute atomic E-state index is 13.1. The van der Waals surface area contributed by atoms with Crippen LogP contribution in [0.5, 0.6) is 0 Å². The van der Waals surface area contributed by atoms with E-state index >= 15 is 0 Å². The first-order chi connectivity index (χ1) is 14.7. The van der Waals surface area contributed by atoms with Gasteiger partial charge in [-0.05, 0) is 31.2 Å². The zero-order chi connectivity index (χ0) is 20.9. The number of furan rings is 1. The van der Waals surface area contributed by atoms with Crippen LogP contribution in [0, 0.1) is 0 Å². The number of benzene rings is 1. The number of hydrogen-bond donors (Lipinski definition) is 1. The lowest BCUT2D eigenvalue weighted by atomic mass is 9.95. The SMILES string of the molecule is CCCN1CCc2nc3ccccc3c(C(=O)OCC(=O)NCc3ccco3)c2C1. The molecule has 0 atom stereocenters. The number of esters is 1. The van der Waals surface area contributed by atoms with Crippen LogP contribution < -0.4 is 5.32 Å². The van der Waals surface area contributed by atoms with Gasteiger partial charge in [0, 0.05) is 36.2 Å². The van der Waals surface area contributed by atoms with Gasteiger partial charge in [0.1, 0.15) is 5.76 Å². The van der Waals surface area contributed by atoms with E-state index in [1.165, 1.54) is 0 Å². The van der Waals surface area contributed by atoms with Crippen LogP contribution in [0.2, 0.25) is 0 Å². The zero-order valence-electron chi connectivity index (χ0n) is 17.0. The molecule has 0 aliphatic carbocycles. The molecule has 1 amide bonds. The fraction of sp³-hybridized carbons (Fsp3) is 0.348. The zero-order valence-corrected chi connectivity index (χ0v) is 17.0. The fourth-order valence-electron chi connectivity index (χ4n) is 3.84. The summed E-state index contributed by atoms with van der Waals surface area (Å²) in [5, 5.41) is 3.44. The maximum Gasteiger partial charge on any atom is 0.339 e. The number of fused-ring (bicyclic) bond motifs is 2. The van der Waals surface area contributed by atoms with E-state index in [9.17, 15) is 9.59 Å². The van der Waals surface area contributed by atoms with Crippen molar-refractivity contribution in [2.24, 2.45) is 0 Å². The lowest BCUT2D eigenvalue weighted by Gasteiger charge is -2.29. The van der Waals surface area contributed by atoms with Gasteiger partial charge in [-0.1, -0.05) is 25.1 Å². The summed E-state index contributed by atoms with van der Waals surface area (Å²) in [6.45, 7) is 4.61. The first-order valence-corrected chi connectivity index (χ1v) is 10.2. The number of nitrogens with one attached hydrogen (secondary N) is 1. The molecule has 0 bridgehead atoms. The highest BCUT2D eigenvalue weighted by Gasteiger charge is 2.26. The smallest absolute Gasteiger partial charge is 0.339 e. The van der Waals surface area contributed by atoms with Crippen LogP contribution in [0.3, 0.4) is 0 Å². The van der Waals surface area contributed by atoms with E-state index in [0.29, 0.717) is 17.9 Å². The van der Waals surface area contributed by atoms with Gasteiger partial charge in [0.15, 0.2) is 6.61 Å². The molecule has 0 saturated carbocycles. The number of amides is 1. The highest BCUT2D eigenvalue weighted by atomic mass is 16.5. The monoisotopic (exact) mass is 407 g/mol. The molecular formula is C23H25N3O4. The highest BCUT2D eigenvalue weighted by Crippen LogP contribution is 2.28. The minimum atomic E-state index is -0.489. The molecule has 0 saturated heterocycles. The summed E-state index contributed by atoms with van der Waals surface area (Å²) in [6, 6.07) is 11.1. The third kappa shape index (κ3) is 4.36. The molecule has 0 spiro atoms. The lowest BCUT2D eigenvalue weighted by molar-refractivity contribution is -0.124. The van der Waals surface area contributed by atoms with Crippen molar-refractivity contribution in [1.82, 2.24) is 15.2 Å². The van der Waals surface area contributed by atoms with Crippen LogP contribution in [-0.2, 0) is 29.0 Å². The molecule has 1 aromatic carbocycles.